The van der Waals surface area contributed by atoms with Gasteiger partial charge in [0.25, 0.3) is 11.5 Å². The van der Waals surface area contributed by atoms with Crippen LogP contribution in [-0.4, -0.2) is 49.2 Å². The van der Waals surface area contributed by atoms with Crippen LogP contribution in [0.25, 0.3) is 0 Å². The first-order valence-electron chi connectivity index (χ1n) is 10.0. The fraction of sp³-hybridized carbons (Fsp3) is 0.476. The SMILES string of the molecule is CC(O)Cn1cc(C(=O)Nc2cccc([B]OC(C)(C)C(C)(C)S)c2O)c(=O)n(C)c1=O. The van der Waals surface area contributed by atoms with Crippen LogP contribution in [0.5, 0.6) is 5.75 Å². The van der Waals surface area contributed by atoms with Gasteiger partial charge in [-0.05, 0) is 46.1 Å². The molecule has 0 fully saturated rings. The molecule has 0 saturated carbocycles. The third-order valence-electron chi connectivity index (χ3n) is 5.33. The molecule has 3 N–H and O–H groups in total. The van der Waals surface area contributed by atoms with Gasteiger partial charge >= 0.3 is 13.2 Å². The molecule has 0 aliphatic carbocycles. The fourth-order valence-electron chi connectivity index (χ4n) is 2.60. The van der Waals surface area contributed by atoms with Crippen LogP contribution in [0.1, 0.15) is 45.0 Å². The molecule has 1 aromatic carbocycles. The number of phenolic OH excluding ortho intramolecular Hbond substituents is 1. The number of amides is 1. The van der Waals surface area contributed by atoms with Crippen molar-refractivity contribution in [2.24, 2.45) is 7.05 Å². The van der Waals surface area contributed by atoms with Crippen LogP contribution in [0, 0.1) is 0 Å². The zero-order valence-electron chi connectivity index (χ0n) is 19.0. The number of hydrogen-bond donors (Lipinski definition) is 4. The van der Waals surface area contributed by atoms with Gasteiger partial charge in [-0.25, -0.2) is 4.79 Å². The van der Waals surface area contributed by atoms with Crippen LogP contribution in [-0.2, 0) is 18.2 Å². The molecule has 173 valence electrons. The van der Waals surface area contributed by atoms with Crippen LogP contribution in [0.4, 0.5) is 5.69 Å². The van der Waals surface area contributed by atoms with E-state index in [1.807, 2.05) is 27.7 Å². The number of benzene rings is 1. The lowest BCUT2D eigenvalue weighted by atomic mass is 9.83. The summed E-state index contributed by atoms with van der Waals surface area (Å²) in [5.74, 6) is -1.06. The highest BCUT2D eigenvalue weighted by Crippen LogP contribution is 2.31. The number of aromatic hydroxyl groups is 1. The molecular formula is C21H29BN3O6S. The molecule has 0 bridgehead atoms. The van der Waals surface area contributed by atoms with Gasteiger partial charge in [0.2, 0.25) is 0 Å². The minimum atomic E-state index is -0.858. The first-order chi connectivity index (χ1) is 14.7. The Morgan fingerprint density at radius 1 is 1.28 bits per heavy atom. The molecule has 11 heteroatoms. The lowest BCUT2D eigenvalue weighted by molar-refractivity contribution is 0.0853. The highest BCUT2D eigenvalue weighted by atomic mass is 32.1. The number of para-hydroxylation sites is 1. The maximum Gasteiger partial charge on any atom is 0.334 e. The standard InChI is InChI=1S/C21H29BN3O6S/c1-12(26)10-25-11-13(18(29)24(6)19(25)30)17(28)23-15-9-7-8-14(16(15)27)22-31-20(2,3)21(4,5)32/h7-9,11-12,26-27,32H,10H2,1-6H3,(H,23,28). The summed E-state index contributed by atoms with van der Waals surface area (Å²) in [5.41, 5.74) is -2.04. The zero-order chi connectivity index (χ0) is 24.4. The molecule has 1 aromatic heterocycles. The average Bonchev–Trinajstić information content (AvgIpc) is 2.67. The molecule has 32 heavy (non-hydrogen) atoms. The van der Waals surface area contributed by atoms with Gasteiger partial charge in [-0.2, -0.15) is 12.6 Å². The number of thiol groups is 1. The topological polar surface area (TPSA) is 123 Å². The maximum atomic E-state index is 12.8. The van der Waals surface area contributed by atoms with E-state index in [0.29, 0.717) is 5.46 Å². The summed E-state index contributed by atoms with van der Waals surface area (Å²) in [4.78, 5) is 37.4. The number of phenols is 1. The van der Waals surface area contributed by atoms with Gasteiger partial charge in [-0.3, -0.25) is 18.7 Å². The van der Waals surface area contributed by atoms with Gasteiger partial charge in [0, 0.05) is 18.0 Å². The second-order valence-electron chi connectivity index (χ2n) is 8.69. The lowest BCUT2D eigenvalue weighted by Crippen LogP contribution is -2.45. The number of aromatic nitrogens is 2. The summed E-state index contributed by atoms with van der Waals surface area (Å²) in [6, 6.07) is 4.68. The Hall–Kier alpha value is -2.50. The highest BCUT2D eigenvalue weighted by Gasteiger charge is 2.35. The van der Waals surface area contributed by atoms with Gasteiger partial charge in [0.1, 0.15) is 11.3 Å². The second kappa shape index (κ2) is 9.56. The van der Waals surface area contributed by atoms with Crippen LogP contribution < -0.4 is 22.0 Å². The van der Waals surface area contributed by atoms with E-state index in [9.17, 15) is 24.6 Å². The average molecular weight is 462 g/mol. The molecule has 0 aliphatic rings. The summed E-state index contributed by atoms with van der Waals surface area (Å²) in [6.45, 7) is 8.91. The van der Waals surface area contributed by atoms with Crippen molar-refractivity contribution < 1.29 is 19.7 Å². The van der Waals surface area contributed by atoms with Crippen molar-refractivity contribution in [2.75, 3.05) is 5.32 Å². The Balaban J connectivity index is 2.32. The molecule has 1 atom stereocenters. The van der Waals surface area contributed by atoms with Crippen LogP contribution in [0.2, 0.25) is 0 Å². The highest BCUT2D eigenvalue weighted by molar-refractivity contribution is 7.81. The minimum absolute atomic E-state index is 0.0608. The molecule has 0 saturated heterocycles. The van der Waals surface area contributed by atoms with Gasteiger partial charge in [0.15, 0.2) is 0 Å². The third kappa shape index (κ3) is 5.65. The Labute approximate surface area is 192 Å². The van der Waals surface area contributed by atoms with Crippen molar-refractivity contribution in [3.05, 3.63) is 50.8 Å². The van der Waals surface area contributed by atoms with Gasteiger partial charge in [-0.15, -0.1) is 0 Å². The van der Waals surface area contributed by atoms with E-state index < -0.39 is 33.6 Å². The second-order valence-corrected chi connectivity index (χ2v) is 9.81. The van der Waals surface area contributed by atoms with Crippen LogP contribution in [0.3, 0.4) is 0 Å². The Kier molecular flexibility index (Phi) is 7.69. The first-order valence-corrected chi connectivity index (χ1v) is 10.5. The van der Waals surface area contributed by atoms with Crippen molar-refractivity contribution in [1.82, 2.24) is 9.13 Å². The number of rotatable bonds is 8. The molecule has 1 radical (unpaired) electrons. The molecular weight excluding hydrogens is 433 g/mol. The Morgan fingerprint density at radius 3 is 2.47 bits per heavy atom. The van der Waals surface area contributed by atoms with Gasteiger partial charge in [0.05, 0.1) is 23.9 Å². The van der Waals surface area contributed by atoms with E-state index in [4.69, 9.17) is 4.65 Å². The monoisotopic (exact) mass is 462 g/mol. The Bertz CT molecular complexity index is 1120. The molecule has 1 amide bonds. The minimum Gasteiger partial charge on any atom is -0.506 e. The largest absolute Gasteiger partial charge is 0.506 e. The van der Waals surface area contributed by atoms with E-state index in [-0.39, 0.29) is 23.5 Å². The van der Waals surface area contributed by atoms with Crippen LogP contribution >= 0.6 is 12.6 Å². The number of hydrogen-bond acceptors (Lipinski definition) is 7. The number of aliphatic hydroxyl groups is 1. The van der Waals surface area contributed by atoms with Crippen molar-refractivity contribution >= 4 is 37.2 Å². The molecule has 2 aromatic rings. The van der Waals surface area contributed by atoms with E-state index in [1.54, 1.807) is 12.1 Å². The molecule has 0 aliphatic heterocycles. The summed E-state index contributed by atoms with van der Waals surface area (Å²) in [7, 11) is 2.62. The van der Waals surface area contributed by atoms with Crippen molar-refractivity contribution in [3.63, 3.8) is 0 Å². The smallest absolute Gasteiger partial charge is 0.334 e. The van der Waals surface area contributed by atoms with Crippen molar-refractivity contribution in [1.29, 1.82) is 0 Å². The van der Waals surface area contributed by atoms with E-state index in [1.165, 1.54) is 27.5 Å². The molecule has 9 nitrogen and oxygen atoms in total. The Morgan fingerprint density at radius 2 is 1.91 bits per heavy atom. The maximum absolute atomic E-state index is 12.8. The molecule has 0 spiro atoms. The van der Waals surface area contributed by atoms with Crippen molar-refractivity contribution in [2.45, 2.75) is 57.6 Å². The first kappa shape index (κ1) is 25.8. The van der Waals surface area contributed by atoms with Gasteiger partial charge < -0.3 is 20.2 Å². The lowest BCUT2D eigenvalue weighted by Gasteiger charge is -2.38. The van der Waals surface area contributed by atoms with Gasteiger partial charge in [-0.1, -0.05) is 12.1 Å². The molecule has 1 heterocycles. The zero-order valence-corrected chi connectivity index (χ0v) is 19.9. The van der Waals surface area contributed by atoms with Crippen LogP contribution in [0.15, 0.2) is 34.0 Å². The normalized spacial score (nSPS) is 13.0. The fourth-order valence-corrected chi connectivity index (χ4v) is 2.65. The number of carbonyl (C=O) groups excluding carboxylic acids is 1. The van der Waals surface area contributed by atoms with E-state index >= 15 is 0 Å². The third-order valence-corrected chi connectivity index (χ3v) is 5.87. The number of carbonyl (C=O) groups is 1. The van der Waals surface area contributed by atoms with E-state index in [2.05, 4.69) is 17.9 Å². The predicted octanol–water partition coefficient (Wildman–Crippen LogP) is 0.634. The number of nitrogens with one attached hydrogen (secondary N) is 1. The number of aliphatic hydroxyl groups excluding tert-OH is 1. The number of anilines is 1. The quantitative estimate of drug-likeness (QED) is 0.259. The predicted molar refractivity (Wildman–Crippen MR) is 127 cm³/mol. The molecule has 1 unspecified atom stereocenters. The van der Waals surface area contributed by atoms with Crippen molar-refractivity contribution in [3.8, 4) is 5.75 Å². The summed E-state index contributed by atoms with van der Waals surface area (Å²) in [5, 5.41) is 22.7. The number of nitrogens with zero attached hydrogens (tertiary/aromatic N) is 2. The summed E-state index contributed by atoms with van der Waals surface area (Å²) >= 11 is 4.53. The summed E-state index contributed by atoms with van der Waals surface area (Å²) < 4.78 is 7.22. The van der Waals surface area contributed by atoms with E-state index in [0.717, 1.165) is 15.3 Å². The summed E-state index contributed by atoms with van der Waals surface area (Å²) in [6.07, 6.45) is 0.240. The molecule has 2 rings (SSSR count).